The second-order valence-electron chi connectivity index (χ2n) is 3.62. The van der Waals surface area contributed by atoms with Crippen molar-refractivity contribution in [3.63, 3.8) is 0 Å². The number of halogens is 2. The van der Waals surface area contributed by atoms with Crippen LogP contribution in [-0.2, 0) is 21.7 Å². The van der Waals surface area contributed by atoms with E-state index < -0.39 is 0 Å². The van der Waals surface area contributed by atoms with Crippen LogP contribution in [0, 0.1) is 11.5 Å². The van der Waals surface area contributed by atoms with Crippen LogP contribution in [0.4, 0.5) is 0 Å². The molecule has 0 spiro atoms. The van der Waals surface area contributed by atoms with Crippen LogP contribution < -0.4 is 24.8 Å². The first-order valence-electron chi connectivity index (χ1n) is 5.09. The van der Waals surface area contributed by atoms with Gasteiger partial charge in [-0.25, -0.2) is 5.57 Å². The van der Waals surface area contributed by atoms with Crippen LogP contribution in [0.15, 0.2) is 16.7 Å². The molecule has 118 valence electrons. The van der Waals surface area contributed by atoms with Crippen LogP contribution in [0.25, 0.3) is 0 Å². The summed E-state index contributed by atoms with van der Waals surface area (Å²) in [5.74, 6) is 0. The van der Waals surface area contributed by atoms with E-state index in [1.54, 1.807) is 0 Å². The number of aliphatic hydroxyl groups is 3. The molecule has 0 atom stereocenters. The molecule has 3 nitrogen and oxygen atoms in total. The molecule has 6 heteroatoms. The number of hydrogen-bond acceptors (Lipinski definition) is 3. The molecule has 0 aliphatic heterocycles. The second-order valence-corrected chi connectivity index (χ2v) is 3.62. The topological polar surface area (TPSA) is 60.7 Å². The van der Waals surface area contributed by atoms with Crippen LogP contribution >= 0.6 is 0 Å². The third-order valence-electron chi connectivity index (χ3n) is 2.56. The molecular weight excluding hydrogens is 323 g/mol. The van der Waals surface area contributed by atoms with Gasteiger partial charge in [0.1, 0.15) is 0 Å². The molecule has 19 heavy (non-hydrogen) atoms. The molecule has 0 heterocycles. The van der Waals surface area contributed by atoms with Gasteiger partial charge in [0.2, 0.25) is 0 Å². The minimum Gasteiger partial charge on any atom is -1.00 e. The minimum atomic E-state index is 0. The Bertz CT molecular complexity index is 240. The molecule has 0 bridgehead atoms. The Morgan fingerprint density at radius 3 is 1.11 bits per heavy atom. The van der Waals surface area contributed by atoms with Crippen molar-refractivity contribution in [3.05, 3.63) is 22.8 Å². The van der Waals surface area contributed by atoms with Crippen molar-refractivity contribution in [1.82, 2.24) is 0 Å². The number of allylic oxidation sites excluding steroid dienone is 4. The maximum Gasteiger partial charge on any atom is 0.0319 e. The Morgan fingerprint density at radius 1 is 0.789 bits per heavy atom. The maximum atomic E-state index is 7.00. The zero-order chi connectivity index (χ0) is 13.9. The van der Waals surface area contributed by atoms with Gasteiger partial charge in [-0.15, -0.1) is 6.92 Å². The van der Waals surface area contributed by atoms with E-state index in [0.717, 1.165) is 21.3 Å². The first kappa shape index (κ1) is 36.7. The van der Waals surface area contributed by atoms with E-state index in [9.17, 15) is 0 Å². The van der Waals surface area contributed by atoms with E-state index in [1.165, 1.54) is 16.7 Å². The summed E-state index contributed by atoms with van der Waals surface area (Å²) in [6, 6.07) is 0. The Hall–Kier alpha value is 0.654. The fraction of sp³-hybridized carbons (Fsp3) is 0.692. The zero-order valence-corrected chi connectivity index (χ0v) is 16.2. The standard InChI is InChI=1S/C10H15.3CH4O.2ClH.Ti/c1-7-6-10(4,5)9(3)8(7)2;3*1-2;;;/h1-5H3;3*2H,1H3;2*1H;/q-1;;;;;;/p-2. The van der Waals surface area contributed by atoms with Crippen molar-refractivity contribution in [2.45, 2.75) is 34.6 Å². The summed E-state index contributed by atoms with van der Waals surface area (Å²) in [6.45, 7) is 10.9. The summed E-state index contributed by atoms with van der Waals surface area (Å²) >= 11 is 0. The first-order valence-corrected chi connectivity index (χ1v) is 5.09. The molecule has 1 aliphatic carbocycles. The quantitative estimate of drug-likeness (QED) is 0.308. The van der Waals surface area contributed by atoms with Crippen molar-refractivity contribution in [1.29, 1.82) is 0 Å². The van der Waals surface area contributed by atoms with Gasteiger partial charge in [0.25, 0.3) is 0 Å². The monoisotopic (exact) mass is 349 g/mol. The first-order chi connectivity index (χ1) is 7.45. The van der Waals surface area contributed by atoms with E-state index in [0.29, 0.717) is 0 Å². The minimum absolute atomic E-state index is 0. The molecule has 1 rings (SSSR count). The SMILES string of the molecule is CC1=[C-]C(C)(C)C(C)=C1C.CO.CO.CO.[Cl-].[Cl-].[Ti]. The molecule has 0 aromatic carbocycles. The van der Waals surface area contributed by atoms with Gasteiger partial charge in [-0.3, -0.25) is 6.08 Å². The molecule has 0 fully saturated rings. The number of rotatable bonds is 0. The Balaban J connectivity index is -0.0000000418. The van der Waals surface area contributed by atoms with Gasteiger partial charge in [-0.05, 0) is 0 Å². The van der Waals surface area contributed by atoms with Crippen molar-refractivity contribution in [2.24, 2.45) is 5.41 Å². The molecule has 0 radical (unpaired) electrons. The van der Waals surface area contributed by atoms with Crippen LogP contribution in [0.3, 0.4) is 0 Å². The normalized spacial score (nSPS) is 13.3. The predicted octanol–water partition coefficient (Wildman–Crippen LogP) is -4.06. The average molecular weight is 350 g/mol. The summed E-state index contributed by atoms with van der Waals surface area (Å²) in [7, 11) is 3.00. The van der Waals surface area contributed by atoms with E-state index >= 15 is 0 Å². The second kappa shape index (κ2) is 21.0. The van der Waals surface area contributed by atoms with Crippen LogP contribution in [-0.4, -0.2) is 36.6 Å². The summed E-state index contributed by atoms with van der Waals surface area (Å²) in [5, 5.41) is 21.0. The van der Waals surface area contributed by atoms with Gasteiger partial charge in [0.15, 0.2) is 0 Å². The largest absolute Gasteiger partial charge is 1.00 e. The van der Waals surface area contributed by atoms with E-state index in [2.05, 4.69) is 40.7 Å². The van der Waals surface area contributed by atoms with Crippen molar-refractivity contribution < 1.29 is 61.9 Å². The molecule has 0 aromatic heterocycles. The Morgan fingerprint density at radius 2 is 1.05 bits per heavy atom. The Kier molecular flexibility index (Phi) is 40.5. The molecule has 0 amide bonds. The molecular formula is C13H27Cl2O3Ti-3. The van der Waals surface area contributed by atoms with Gasteiger partial charge >= 0.3 is 0 Å². The molecule has 3 N–H and O–H groups in total. The van der Waals surface area contributed by atoms with Crippen LogP contribution in [0.1, 0.15) is 34.6 Å². The van der Waals surface area contributed by atoms with Crippen molar-refractivity contribution >= 4 is 0 Å². The Labute approximate surface area is 145 Å². The van der Waals surface area contributed by atoms with E-state index in [1.807, 2.05) is 0 Å². The third kappa shape index (κ3) is 13.4. The fourth-order valence-electron chi connectivity index (χ4n) is 1.41. The molecule has 0 saturated carbocycles. The summed E-state index contributed by atoms with van der Waals surface area (Å²) in [5.41, 5.74) is 4.39. The van der Waals surface area contributed by atoms with Gasteiger partial charge in [0.05, 0.1) is 0 Å². The number of aliphatic hydroxyl groups excluding tert-OH is 3. The van der Waals surface area contributed by atoms with Gasteiger partial charge in [0, 0.05) is 43.0 Å². The third-order valence-corrected chi connectivity index (χ3v) is 2.56. The predicted molar refractivity (Wildman–Crippen MR) is 69.0 cm³/mol. The summed E-state index contributed by atoms with van der Waals surface area (Å²) in [4.78, 5) is 0. The number of hydrogen-bond donors (Lipinski definition) is 3. The van der Waals surface area contributed by atoms with Gasteiger partial charge < -0.3 is 40.1 Å². The van der Waals surface area contributed by atoms with Crippen LogP contribution in [0.2, 0.25) is 0 Å². The van der Waals surface area contributed by atoms with E-state index in [-0.39, 0.29) is 51.9 Å². The summed E-state index contributed by atoms with van der Waals surface area (Å²) in [6.07, 6.45) is 3.44. The van der Waals surface area contributed by atoms with Crippen molar-refractivity contribution in [2.75, 3.05) is 21.3 Å². The molecule has 0 unspecified atom stereocenters. The average Bonchev–Trinajstić information content (AvgIpc) is 2.50. The molecule has 0 saturated heterocycles. The maximum absolute atomic E-state index is 7.00. The van der Waals surface area contributed by atoms with Crippen LogP contribution in [0.5, 0.6) is 0 Å². The van der Waals surface area contributed by atoms with E-state index in [4.69, 9.17) is 15.3 Å². The molecule has 1 aliphatic rings. The van der Waals surface area contributed by atoms with Crippen molar-refractivity contribution in [3.8, 4) is 0 Å². The fourth-order valence-corrected chi connectivity index (χ4v) is 1.41. The smallest absolute Gasteiger partial charge is 0.0319 e. The molecule has 0 aromatic rings. The summed E-state index contributed by atoms with van der Waals surface area (Å²) < 4.78 is 0. The van der Waals surface area contributed by atoms with Gasteiger partial charge in [-0.2, -0.15) is 11.1 Å². The van der Waals surface area contributed by atoms with Gasteiger partial charge in [-0.1, -0.05) is 33.1 Å². The zero-order valence-electron chi connectivity index (χ0n) is 13.1.